The number of benzene rings is 2. The molecule has 108 valence electrons. The highest BCUT2D eigenvalue weighted by Gasteiger charge is 2.21. The predicted molar refractivity (Wildman–Crippen MR) is 79.4 cm³/mol. The number of hydrogen-bond donors (Lipinski definition) is 2. The van der Waals surface area contributed by atoms with E-state index in [1.165, 1.54) is 18.2 Å². The van der Waals surface area contributed by atoms with Crippen molar-refractivity contribution in [1.82, 2.24) is 5.43 Å². The standard InChI is InChI=1S/C15H11BrF2N2O/c16-14-10(2-1-3-11(14)18)15(20-19)13-7-8-6-9(17)4-5-12(8)21-13/h1-7,15,20H,19H2. The smallest absolute Gasteiger partial charge is 0.137 e. The third-order valence-electron chi connectivity index (χ3n) is 3.24. The van der Waals surface area contributed by atoms with E-state index < -0.39 is 11.9 Å². The molecule has 21 heavy (non-hydrogen) atoms. The number of nitrogens with two attached hydrogens (primary N) is 1. The summed E-state index contributed by atoms with van der Waals surface area (Å²) in [5.74, 6) is 5.31. The third-order valence-corrected chi connectivity index (χ3v) is 4.08. The average Bonchev–Trinajstić information content (AvgIpc) is 2.87. The second kappa shape index (κ2) is 5.55. The van der Waals surface area contributed by atoms with Crippen LogP contribution in [0.25, 0.3) is 11.0 Å². The second-order valence-corrected chi connectivity index (χ2v) is 5.37. The predicted octanol–water partition coefficient (Wildman–Crippen LogP) is 4.03. The molecule has 3 rings (SSSR count). The molecule has 1 atom stereocenters. The molecule has 3 aromatic rings. The van der Waals surface area contributed by atoms with Crippen LogP contribution in [-0.2, 0) is 0 Å². The van der Waals surface area contributed by atoms with E-state index in [2.05, 4.69) is 21.4 Å². The van der Waals surface area contributed by atoms with Crippen molar-refractivity contribution in [1.29, 1.82) is 0 Å². The Balaban J connectivity index is 2.11. The SMILES string of the molecule is NNC(c1cc2cc(F)ccc2o1)c1cccc(F)c1Br. The zero-order chi connectivity index (χ0) is 15.0. The molecule has 1 aromatic heterocycles. The summed E-state index contributed by atoms with van der Waals surface area (Å²) in [5, 5.41) is 0.623. The maximum absolute atomic E-state index is 13.7. The Morgan fingerprint density at radius 1 is 1.14 bits per heavy atom. The number of hydrogen-bond acceptors (Lipinski definition) is 3. The first-order valence-electron chi connectivity index (χ1n) is 6.19. The van der Waals surface area contributed by atoms with E-state index in [0.29, 0.717) is 26.8 Å². The Morgan fingerprint density at radius 3 is 2.71 bits per heavy atom. The zero-order valence-electron chi connectivity index (χ0n) is 10.7. The van der Waals surface area contributed by atoms with E-state index in [0.717, 1.165) is 0 Å². The number of rotatable bonds is 3. The average molecular weight is 353 g/mol. The molecule has 0 aliphatic heterocycles. The molecule has 1 heterocycles. The Labute approximate surface area is 127 Å². The van der Waals surface area contributed by atoms with Gasteiger partial charge in [0, 0.05) is 5.39 Å². The highest BCUT2D eigenvalue weighted by Crippen LogP contribution is 2.33. The van der Waals surface area contributed by atoms with Crippen LogP contribution < -0.4 is 11.3 Å². The number of nitrogens with one attached hydrogen (secondary N) is 1. The Kier molecular flexibility index (Phi) is 3.75. The number of halogens is 3. The third kappa shape index (κ3) is 2.57. The maximum atomic E-state index is 13.7. The molecular formula is C15H11BrF2N2O. The largest absolute Gasteiger partial charge is 0.459 e. The van der Waals surface area contributed by atoms with Gasteiger partial charge in [-0.1, -0.05) is 12.1 Å². The Morgan fingerprint density at radius 2 is 1.95 bits per heavy atom. The molecule has 0 amide bonds. The first kappa shape index (κ1) is 14.2. The van der Waals surface area contributed by atoms with Gasteiger partial charge >= 0.3 is 0 Å². The lowest BCUT2D eigenvalue weighted by Crippen LogP contribution is -2.28. The first-order chi connectivity index (χ1) is 10.1. The quantitative estimate of drug-likeness (QED) is 0.552. The summed E-state index contributed by atoms with van der Waals surface area (Å²) in [6, 6.07) is 10.0. The molecule has 0 bridgehead atoms. The van der Waals surface area contributed by atoms with Crippen molar-refractivity contribution in [3.05, 3.63) is 69.9 Å². The lowest BCUT2D eigenvalue weighted by molar-refractivity contribution is 0.474. The Hall–Kier alpha value is -1.76. The molecule has 0 fully saturated rings. The summed E-state index contributed by atoms with van der Waals surface area (Å²) in [7, 11) is 0. The monoisotopic (exact) mass is 352 g/mol. The van der Waals surface area contributed by atoms with Crippen LogP contribution in [0, 0.1) is 11.6 Å². The molecule has 0 saturated heterocycles. The maximum Gasteiger partial charge on any atom is 0.137 e. The molecule has 0 radical (unpaired) electrons. The molecule has 0 spiro atoms. The summed E-state index contributed by atoms with van der Waals surface area (Å²) in [5.41, 5.74) is 3.73. The normalized spacial score (nSPS) is 12.8. The van der Waals surface area contributed by atoms with Gasteiger partial charge in [-0.15, -0.1) is 0 Å². The van der Waals surface area contributed by atoms with E-state index in [1.54, 1.807) is 24.3 Å². The van der Waals surface area contributed by atoms with Gasteiger partial charge in [0.25, 0.3) is 0 Å². The van der Waals surface area contributed by atoms with Crippen LogP contribution in [0.3, 0.4) is 0 Å². The van der Waals surface area contributed by atoms with Crippen molar-refractivity contribution in [2.45, 2.75) is 6.04 Å². The highest BCUT2D eigenvalue weighted by molar-refractivity contribution is 9.10. The van der Waals surface area contributed by atoms with Gasteiger partial charge in [-0.3, -0.25) is 5.84 Å². The lowest BCUT2D eigenvalue weighted by Gasteiger charge is -2.15. The minimum atomic E-state index is -0.550. The van der Waals surface area contributed by atoms with E-state index >= 15 is 0 Å². The molecule has 3 nitrogen and oxygen atoms in total. The van der Waals surface area contributed by atoms with E-state index in [9.17, 15) is 8.78 Å². The van der Waals surface area contributed by atoms with Crippen molar-refractivity contribution in [3.8, 4) is 0 Å². The number of fused-ring (bicyclic) bond motifs is 1. The fourth-order valence-corrected chi connectivity index (χ4v) is 2.74. The zero-order valence-corrected chi connectivity index (χ0v) is 12.3. The van der Waals surface area contributed by atoms with Crippen molar-refractivity contribution in [2.75, 3.05) is 0 Å². The van der Waals surface area contributed by atoms with Crippen LogP contribution in [0.1, 0.15) is 17.4 Å². The van der Waals surface area contributed by atoms with Gasteiger partial charge in [0.15, 0.2) is 0 Å². The molecule has 0 aliphatic rings. The van der Waals surface area contributed by atoms with E-state index in [4.69, 9.17) is 10.3 Å². The van der Waals surface area contributed by atoms with E-state index in [1.807, 2.05) is 0 Å². The van der Waals surface area contributed by atoms with Crippen molar-refractivity contribution >= 4 is 26.9 Å². The van der Waals surface area contributed by atoms with E-state index in [-0.39, 0.29) is 5.82 Å². The molecule has 3 N–H and O–H groups in total. The molecule has 0 aliphatic carbocycles. The van der Waals surface area contributed by atoms with Crippen LogP contribution in [0.2, 0.25) is 0 Å². The number of furan rings is 1. The minimum Gasteiger partial charge on any atom is -0.459 e. The van der Waals surface area contributed by atoms with Gasteiger partial charge in [0.05, 0.1) is 4.47 Å². The van der Waals surface area contributed by atoms with Gasteiger partial charge in [-0.05, 0) is 51.8 Å². The van der Waals surface area contributed by atoms with Crippen LogP contribution in [0.4, 0.5) is 8.78 Å². The summed E-state index contributed by atoms with van der Waals surface area (Å²) in [4.78, 5) is 0. The number of hydrazine groups is 1. The summed E-state index contributed by atoms with van der Waals surface area (Å²) in [6.07, 6.45) is 0. The molecule has 2 aromatic carbocycles. The van der Waals surface area contributed by atoms with Gasteiger partial charge in [0.2, 0.25) is 0 Å². The van der Waals surface area contributed by atoms with Crippen LogP contribution in [0.5, 0.6) is 0 Å². The van der Waals surface area contributed by atoms with Crippen molar-refractivity contribution in [3.63, 3.8) is 0 Å². The summed E-state index contributed by atoms with van der Waals surface area (Å²) < 4.78 is 32.9. The molecule has 1 unspecified atom stereocenters. The fraction of sp³-hybridized carbons (Fsp3) is 0.0667. The van der Waals surface area contributed by atoms with Crippen molar-refractivity contribution < 1.29 is 13.2 Å². The molecular weight excluding hydrogens is 342 g/mol. The summed E-state index contributed by atoms with van der Waals surface area (Å²) in [6.45, 7) is 0. The lowest BCUT2D eigenvalue weighted by atomic mass is 10.0. The Bertz CT molecular complexity index is 803. The van der Waals surface area contributed by atoms with Crippen LogP contribution in [-0.4, -0.2) is 0 Å². The van der Waals surface area contributed by atoms with Gasteiger partial charge in [0.1, 0.15) is 29.0 Å². The van der Waals surface area contributed by atoms with Gasteiger partial charge in [-0.2, -0.15) is 0 Å². The van der Waals surface area contributed by atoms with Gasteiger partial charge < -0.3 is 4.42 Å². The van der Waals surface area contributed by atoms with Crippen LogP contribution in [0.15, 0.2) is 51.4 Å². The first-order valence-corrected chi connectivity index (χ1v) is 6.98. The van der Waals surface area contributed by atoms with Crippen molar-refractivity contribution in [2.24, 2.45) is 5.84 Å². The second-order valence-electron chi connectivity index (χ2n) is 4.57. The topological polar surface area (TPSA) is 51.2 Å². The van der Waals surface area contributed by atoms with Crippen LogP contribution >= 0.6 is 15.9 Å². The highest BCUT2D eigenvalue weighted by atomic mass is 79.9. The summed E-state index contributed by atoms with van der Waals surface area (Å²) >= 11 is 3.20. The molecule has 0 saturated carbocycles. The minimum absolute atomic E-state index is 0.305. The molecule has 6 heteroatoms. The van der Waals surface area contributed by atoms with Gasteiger partial charge in [-0.25, -0.2) is 14.2 Å². The fourth-order valence-electron chi connectivity index (χ4n) is 2.25.